The number of rotatable bonds is 7. The van der Waals surface area contributed by atoms with Gasteiger partial charge in [-0.2, -0.15) is 0 Å². The van der Waals surface area contributed by atoms with Crippen molar-refractivity contribution in [1.29, 1.82) is 0 Å². The van der Waals surface area contributed by atoms with E-state index in [-0.39, 0.29) is 0 Å². The summed E-state index contributed by atoms with van der Waals surface area (Å²) in [7, 11) is 0. The van der Waals surface area contributed by atoms with Gasteiger partial charge in [0.25, 0.3) is 0 Å². The fourth-order valence-electron chi connectivity index (χ4n) is 12.4. The first-order chi connectivity index (χ1) is 37.7. The lowest BCUT2D eigenvalue weighted by molar-refractivity contribution is 1.16. The minimum Gasteiger partial charge on any atom is -0.309 e. The van der Waals surface area contributed by atoms with E-state index >= 15 is 0 Å². The average molecular weight is 969 g/mol. The van der Waals surface area contributed by atoms with Gasteiger partial charge in [-0.05, 0) is 91.0 Å². The molecule has 354 valence electrons. The Hall–Kier alpha value is -10.3. The highest BCUT2D eigenvalue weighted by Gasteiger charge is 2.26. The van der Waals surface area contributed by atoms with Crippen LogP contribution in [0.25, 0.3) is 144 Å². The molecule has 0 atom stereocenters. The SMILES string of the molecule is c1ccc(-c2cc(-c3cccc4c3c3c(ccc5c6ccccc6n(-c6ccc7c(c6)c6c(ccc8c9ccccc9n(-c9ccccc9)c86)n7-c6ccccc6)c53)n4-c3ccccc3)nc(-c3ccccc3)n2)cc1. The summed E-state index contributed by atoms with van der Waals surface area (Å²) in [6.45, 7) is 0. The highest BCUT2D eigenvalue weighted by Crippen LogP contribution is 2.47. The summed E-state index contributed by atoms with van der Waals surface area (Å²) in [5.41, 5.74) is 18.3. The normalized spacial score (nSPS) is 11.9. The molecule has 76 heavy (non-hydrogen) atoms. The molecule has 16 aromatic rings. The molecule has 0 spiro atoms. The number of para-hydroxylation sites is 5. The van der Waals surface area contributed by atoms with Crippen LogP contribution in [0.3, 0.4) is 0 Å². The van der Waals surface area contributed by atoms with Crippen LogP contribution in [0.5, 0.6) is 0 Å². The maximum Gasteiger partial charge on any atom is 0.160 e. The van der Waals surface area contributed by atoms with E-state index in [1.807, 2.05) is 6.07 Å². The van der Waals surface area contributed by atoms with Gasteiger partial charge < -0.3 is 18.3 Å². The summed E-state index contributed by atoms with van der Waals surface area (Å²) in [6, 6.07) is 96.2. The summed E-state index contributed by atoms with van der Waals surface area (Å²) in [4.78, 5) is 10.7. The van der Waals surface area contributed by atoms with Crippen LogP contribution < -0.4 is 0 Å². The second-order valence-electron chi connectivity index (χ2n) is 19.7. The Balaban J connectivity index is 1.06. The molecular formula is C70H44N6. The van der Waals surface area contributed by atoms with Gasteiger partial charge in [0.2, 0.25) is 0 Å². The second-order valence-corrected chi connectivity index (χ2v) is 19.7. The van der Waals surface area contributed by atoms with Gasteiger partial charge in [0.05, 0.1) is 55.5 Å². The molecule has 0 radical (unpaired) electrons. The zero-order chi connectivity index (χ0) is 49.8. The Morgan fingerprint density at radius 3 is 1.29 bits per heavy atom. The lowest BCUT2D eigenvalue weighted by atomic mass is 10.00. The highest BCUT2D eigenvalue weighted by molar-refractivity contribution is 6.30. The summed E-state index contributed by atoms with van der Waals surface area (Å²) < 4.78 is 9.88. The van der Waals surface area contributed by atoms with Crippen molar-refractivity contribution < 1.29 is 0 Å². The van der Waals surface area contributed by atoms with Gasteiger partial charge >= 0.3 is 0 Å². The van der Waals surface area contributed by atoms with Crippen LogP contribution in [0.4, 0.5) is 0 Å². The number of nitrogens with zero attached hydrogens (tertiary/aromatic N) is 6. The van der Waals surface area contributed by atoms with Crippen LogP contribution in [0, 0.1) is 0 Å². The van der Waals surface area contributed by atoms with Crippen molar-refractivity contribution in [2.45, 2.75) is 0 Å². The molecule has 11 aromatic carbocycles. The van der Waals surface area contributed by atoms with Crippen molar-refractivity contribution in [3.63, 3.8) is 0 Å². The van der Waals surface area contributed by atoms with Crippen LogP contribution in [0.2, 0.25) is 0 Å². The van der Waals surface area contributed by atoms with E-state index in [4.69, 9.17) is 9.97 Å². The first-order valence-corrected chi connectivity index (χ1v) is 25.9. The van der Waals surface area contributed by atoms with E-state index in [0.29, 0.717) is 5.82 Å². The van der Waals surface area contributed by atoms with E-state index in [2.05, 4.69) is 279 Å². The predicted molar refractivity (Wildman–Crippen MR) is 316 cm³/mol. The molecule has 0 N–H and O–H groups in total. The molecular weight excluding hydrogens is 925 g/mol. The van der Waals surface area contributed by atoms with Crippen molar-refractivity contribution in [1.82, 2.24) is 28.2 Å². The average Bonchev–Trinajstić information content (AvgIpc) is 4.43. The Bertz CT molecular complexity index is 4890. The maximum absolute atomic E-state index is 5.47. The predicted octanol–water partition coefficient (Wildman–Crippen LogP) is 17.9. The molecule has 0 saturated carbocycles. The van der Waals surface area contributed by atoms with Gasteiger partial charge in [-0.15, -0.1) is 0 Å². The minimum absolute atomic E-state index is 0.684. The van der Waals surface area contributed by atoms with Crippen molar-refractivity contribution in [2.75, 3.05) is 0 Å². The Morgan fingerprint density at radius 2 is 0.671 bits per heavy atom. The second kappa shape index (κ2) is 16.6. The third-order valence-electron chi connectivity index (χ3n) is 15.5. The van der Waals surface area contributed by atoms with Gasteiger partial charge in [-0.1, -0.05) is 176 Å². The zero-order valence-corrected chi connectivity index (χ0v) is 41.1. The van der Waals surface area contributed by atoms with Gasteiger partial charge in [-0.25, -0.2) is 9.97 Å². The molecule has 0 aliphatic carbocycles. The summed E-state index contributed by atoms with van der Waals surface area (Å²) in [6.07, 6.45) is 0. The van der Waals surface area contributed by atoms with Crippen molar-refractivity contribution >= 4 is 87.2 Å². The first-order valence-electron chi connectivity index (χ1n) is 25.9. The number of aromatic nitrogens is 6. The Morgan fingerprint density at radius 1 is 0.237 bits per heavy atom. The van der Waals surface area contributed by atoms with Crippen LogP contribution in [-0.4, -0.2) is 28.2 Å². The molecule has 0 amide bonds. The van der Waals surface area contributed by atoms with Crippen LogP contribution >= 0.6 is 0 Å². The zero-order valence-electron chi connectivity index (χ0n) is 41.1. The molecule has 6 nitrogen and oxygen atoms in total. The fraction of sp³-hybridized carbons (Fsp3) is 0. The first kappa shape index (κ1) is 42.2. The molecule has 0 aliphatic rings. The number of fused-ring (bicyclic) bond motifs is 14. The van der Waals surface area contributed by atoms with Gasteiger partial charge in [-0.3, -0.25) is 0 Å². The molecule has 5 heterocycles. The quantitative estimate of drug-likeness (QED) is 0.160. The largest absolute Gasteiger partial charge is 0.309 e. The number of hydrogen-bond donors (Lipinski definition) is 0. The Kier molecular flexibility index (Phi) is 9.23. The van der Waals surface area contributed by atoms with Gasteiger partial charge in [0, 0.05) is 82.5 Å². The number of benzene rings is 11. The van der Waals surface area contributed by atoms with Crippen LogP contribution in [0.15, 0.2) is 267 Å². The van der Waals surface area contributed by atoms with Crippen molar-refractivity contribution in [3.05, 3.63) is 267 Å². The van der Waals surface area contributed by atoms with Crippen LogP contribution in [0.1, 0.15) is 0 Å². The monoisotopic (exact) mass is 968 g/mol. The maximum atomic E-state index is 5.47. The molecule has 16 rings (SSSR count). The van der Waals surface area contributed by atoms with Crippen LogP contribution in [-0.2, 0) is 0 Å². The molecule has 0 aliphatic heterocycles. The third kappa shape index (κ3) is 6.22. The summed E-state index contributed by atoms with van der Waals surface area (Å²) >= 11 is 0. The van der Waals surface area contributed by atoms with E-state index in [0.717, 1.165) is 94.7 Å². The summed E-state index contributed by atoms with van der Waals surface area (Å²) in [5.74, 6) is 0.684. The third-order valence-corrected chi connectivity index (χ3v) is 15.5. The fourth-order valence-corrected chi connectivity index (χ4v) is 12.4. The molecule has 6 heteroatoms. The minimum atomic E-state index is 0.684. The molecule has 0 bridgehead atoms. The van der Waals surface area contributed by atoms with Crippen molar-refractivity contribution in [3.8, 4) is 56.7 Å². The lowest BCUT2D eigenvalue weighted by Gasteiger charge is -2.12. The molecule has 0 saturated heterocycles. The summed E-state index contributed by atoms with van der Waals surface area (Å²) in [5, 5.41) is 9.49. The van der Waals surface area contributed by atoms with E-state index in [1.165, 1.54) is 43.4 Å². The lowest BCUT2D eigenvalue weighted by Crippen LogP contribution is -1.97. The molecule has 0 fully saturated rings. The standard InChI is InChI=1S/C70H44N6/c1-6-21-45(22-7-1)57-44-58(72-70(71-57)46-23-8-2-9-24-46)55-33-20-36-62-65(55)67-64(74(62)48-27-12-4-13-28-48)42-39-54-52-32-17-19-35-60(52)76(69(54)67)50-37-40-61-56(43-50)66-63(73(61)47-25-10-3-11-26-47)41-38-53-51-31-16-18-34-59(51)75(68(53)66)49-29-14-5-15-30-49/h1-44H. The van der Waals surface area contributed by atoms with Gasteiger partial charge in [0.15, 0.2) is 5.82 Å². The topological polar surface area (TPSA) is 45.5 Å². The molecule has 5 aromatic heterocycles. The highest BCUT2D eigenvalue weighted by atomic mass is 15.0. The Labute approximate surface area is 436 Å². The van der Waals surface area contributed by atoms with E-state index in [9.17, 15) is 0 Å². The number of hydrogen-bond acceptors (Lipinski definition) is 2. The van der Waals surface area contributed by atoms with Crippen molar-refractivity contribution in [2.24, 2.45) is 0 Å². The van der Waals surface area contributed by atoms with Gasteiger partial charge in [0.1, 0.15) is 0 Å². The van der Waals surface area contributed by atoms with E-state index < -0.39 is 0 Å². The molecule has 0 unspecified atom stereocenters. The smallest absolute Gasteiger partial charge is 0.160 e. The van der Waals surface area contributed by atoms with E-state index in [1.54, 1.807) is 0 Å².